The molecule has 0 spiro atoms. The van der Waals surface area contributed by atoms with Gasteiger partial charge in [0, 0.05) is 12.6 Å². The van der Waals surface area contributed by atoms with Crippen LogP contribution in [0.1, 0.15) is 18.4 Å². The van der Waals surface area contributed by atoms with Crippen LogP contribution in [-0.2, 0) is 11.3 Å². The maximum absolute atomic E-state index is 13.0. The van der Waals surface area contributed by atoms with Crippen LogP contribution in [-0.4, -0.2) is 28.6 Å². The summed E-state index contributed by atoms with van der Waals surface area (Å²) < 4.78 is 26.0. The van der Waals surface area contributed by atoms with Crippen molar-refractivity contribution in [2.45, 2.75) is 25.4 Å². The van der Waals surface area contributed by atoms with Crippen molar-refractivity contribution in [2.75, 3.05) is 6.54 Å². The molecular weight excluding hydrogens is 228 g/mol. The van der Waals surface area contributed by atoms with E-state index in [9.17, 15) is 13.6 Å². The maximum Gasteiger partial charge on any atom is 0.320 e. The number of carboxylic acid groups (broad SMARTS) is 1. The van der Waals surface area contributed by atoms with E-state index in [4.69, 9.17) is 5.11 Å². The lowest BCUT2D eigenvalue weighted by Crippen LogP contribution is -2.35. The summed E-state index contributed by atoms with van der Waals surface area (Å²) in [6, 6.07) is 2.74. The topological polar surface area (TPSA) is 40.5 Å². The van der Waals surface area contributed by atoms with E-state index in [1.54, 1.807) is 4.90 Å². The van der Waals surface area contributed by atoms with Gasteiger partial charge in [0.25, 0.3) is 0 Å². The average Bonchev–Trinajstić information content (AvgIpc) is 2.63. The third-order valence-electron chi connectivity index (χ3n) is 2.96. The molecule has 1 aliphatic rings. The Labute approximate surface area is 97.7 Å². The average molecular weight is 241 g/mol. The highest BCUT2D eigenvalue weighted by atomic mass is 19.1. The molecule has 92 valence electrons. The van der Waals surface area contributed by atoms with Gasteiger partial charge >= 0.3 is 5.97 Å². The predicted octanol–water partition coefficient (Wildman–Crippen LogP) is 2.01. The first kappa shape index (κ1) is 12.0. The Morgan fingerprint density at radius 3 is 2.59 bits per heavy atom. The fourth-order valence-electron chi connectivity index (χ4n) is 2.23. The fourth-order valence-corrected chi connectivity index (χ4v) is 2.23. The molecule has 0 aromatic heterocycles. The van der Waals surface area contributed by atoms with E-state index in [0.717, 1.165) is 12.5 Å². The molecule has 2 rings (SSSR count). The molecule has 1 aromatic rings. The standard InChI is InChI=1S/C12H13F2NO2/c13-9-4-8(5-10(14)6-9)7-15-3-1-2-11(15)12(16)17/h4-6,11H,1-3,7H2,(H,16,17)/t11-/m0/s1. The van der Waals surface area contributed by atoms with Crippen LogP contribution in [0.15, 0.2) is 18.2 Å². The van der Waals surface area contributed by atoms with Crippen molar-refractivity contribution in [3.63, 3.8) is 0 Å². The molecule has 0 saturated carbocycles. The largest absolute Gasteiger partial charge is 0.480 e. The van der Waals surface area contributed by atoms with Crippen LogP contribution >= 0.6 is 0 Å². The van der Waals surface area contributed by atoms with E-state index in [0.29, 0.717) is 18.5 Å². The van der Waals surface area contributed by atoms with Crippen LogP contribution < -0.4 is 0 Å². The molecular formula is C12H13F2NO2. The van der Waals surface area contributed by atoms with Crippen molar-refractivity contribution in [1.29, 1.82) is 0 Å². The lowest BCUT2D eigenvalue weighted by Gasteiger charge is -2.20. The number of nitrogens with zero attached hydrogens (tertiary/aromatic N) is 1. The molecule has 3 nitrogen and oxygen atoms in total. The van der Waals surface area contributed by atoms with Crippen LogP contribution in [0.4, 0.5) is 8.78 Å². The second-order valence-electron chi connectivity index (χ2n) is 4.24. The van der Waals surface area contributed by atoms with Gasteiger partial charge in [-0.05, 0) is 37.1 Å². The monoisotopic (exact) mass is 241 g/mol. The maximum atomic E-state index is 13.0. The summed E-state index contributed by atoms with van der Waals surface area (Å²) in [6.07, 6.45) is 1.39. The SMILES string of the molecule is O=C(O)[C@@H]1CCCN1Cc1cc(F)cc(F)c1. The lowest BCUT2D eigenvalue weighted by atomic mass is 10.1. The number of hydrogen-bond donors (Lipinski definition) is 1. The Hall–Kier alpha value is -1.49. The normalized spacial score (nSPS) is 20.7. The highest BCUT2D eigenvalue weighted by Crippen LogP contribution is 2.21. The van der Waals surface area contributed by atoms with Crippen molar-refractivity contribution < 1.29 is 18.7 Å². The van der Waals surface area contributed by atoms with Crippen LogP contribution in [0.2, 0.25) is 0 Å². The van der Waals surface area contributed by atoms with Crippen molar-refractivity contribution >= 4 is 5.97 Å². The Kier molecular flexibility index (Phi) is 3.38. The third kappa shape index (κ3) is 2.79. The van der Waals surface area contributed by atoms with Gasteiger partial charge in [-0.15, -0.1) is 0 Å². The summed E-state index contributed by atoms with van der Waals surface area (Å²) in [6.45, 7) is 0.917. The third-order valence-corrected chi connectivity index (χ3v) is 2.96. The molecule has 1 N–H and O–H groups in total. The van der Waals surface area contributed by atoms with Gasteiger partial charge < -0.3 is 5.11 Å². The number of benzene rings is 1. The first-order valence-electron chi connectivity index (χ1n) is 5.48. The van der Waals surface area contributed by atoms with Crippen LogP contribution in [0.5, 0.6) is 0 Å². The lowest BCUT2D eigenvalue weighted by molar-refractivity contribution is -0.142. The van der Waals surface area contributed by atoms with Gasteiger partial charge in [-0.3, -0.25) is 9.69 Å². The van der Waals surface area contributed by atoms with Gasteiger partial charge in [-0.25, -0.2) is 8.78 Å². The quantitative estimate of drug-likeness (QED) is 0.880. The first-order chi connectivity index (χ1) is 8.06. The molecule has 1 saturated heterocycles. The summed E-state index contributed by atoms with van der Waals surface area (Å²) in [5, 5.41) is 8.98. The van der Waals surface area contributed by atoms with Gasteiger partial charge in [0.1, 0.15) is 17.7 Å². The van der Waals surface area contributed by atoms with Crippen molar-refractivity contribution in [1.82, 2.24) is 4.90 Å². The predicted molar refractivity (Wildman–Crippen MR) is 57.4 cm³/mol. The molecule has 1 aliphatic heterocycles. The molecule has 5 heteroatoms. The number of carboxylic acids is 1. The van der Waals surface area contributed by atoms with Gasteiger partial charge in [-0.2, -0.15) is 0 Å². The van der Waals surface area contributed by atoms with E-state index in [2.05, 4.69) is 0 Å². The van der Waals surface area contributed by atoms with Crippen molar-refractivity contribution in [3.8, 4) is 0 Å². The summed E-state index contributed by atoms with van der Waals surface area (Å²) in [7, 11) is 0. The summed E-state index contributed by atoms with van der Waals surface area (Å²) in [5.41, 5.74) is 0.468. The zero-order valence-electron chi connectivity index (χ0n) is 9.20. The molecule has 17 heavy (non-hydrogen) atoms. The first-order valence-corrected chi connectivity index (χ1v) is 5.48. The van der Waals surface area contributed by atoms with Crippen molar-refractivity contribution in [2.24, 2.45) is 0 Å². The summed E-state index contributed by atoms with van der Waals surface area (Å²) >= 11 is 0. The van der Waals surface area contributed by atoms with Crippen LogP contribution in [0.3, 0.4) is 0 Å². The highest BCUT2D eigenvalue weighted by molar-refractivity contribution is 5.73. The zero-order valence-corrected chi connectivity index (χ0v) is 9.20. The van der Waals surface area contributed by atoms with Crippen LogP contribution in [0.25, 0.3) is 0 Å². The van der Waals surface area contributed by atoms with Gasteiger partial charge in [0.2, 0.25) is 0 Å². The zero-order chi connectivity index (χ0) is 12.4. The molecule has 0 radical (unpaired) electrons. The minimum atomic E-state index is -0.876. The van der Waals surface area contributed by atoms with Gasteiger partial charge in [0.15, 0.2) is 0 Å². The number of halogens is 2. The van der Waals surface area contributed by atoms with Gasteiger partial charge in [-0.1, -0.05) is 0 Å². The molecule has 1 atom stereocenters. The summed E-state index contributed by atoms with van der Waals surface area (Å²) in [4.78, 5) is 12.7. The Balaban J connectivity index is 2.12. The smallest absolute Gasteiger partial charge is 0.320 e. The molecule has 0 bridgehead atoms. The van der Waals surface area contributed by atoms with E-state index >= 15 is 0 Å². The Morgan fingerprint density at radius 2 is 2.00 bits per heavy atom. The molecule has 0 unspecified atom stereocenters. The minimum absolute atomic E-state index is 0.269. The van der Waals surface area contributed by atoms with E-state index in [1.165, 1.54) is 12.1 Å². The molecule has 0 aliphatic carbocycles. The minimum Gasteiger partial charge on any atom is -0.480 e. The number of aliphatic carboxylic acids is 1. The molecule has 1 fully saturated rings. The van der Waals surface area contributed by atoms with E-state index in [-0.39, 0.29) is 6.54 Å². The molecule has 1 aromatic carbocycles. The highest BCUT2D eigenvalue weighted by Gasteiger charge is 2.30. The van der Waals surface area contributed by atoms with Crippen LogP contribution in [0, 0.1) is 11.6 Å². The Morgan fingerprint density at radius 1 is 1.35 bits per heavy atom. The summed E-state index contributed by atoms with van der Waals surface area (Å²) in [5.74, 6) is -2.14. The molecule has 1 heterocycles. The van der Waals surface area contributed by atoms with E-state index < -0.39 is 23.6 Å². The molecule has 0 amide bonds. The van der Waals surface area contributed by atoms with E-state index in [1.807, 2.05) is 0 Å². The fraction of sp³-hybridized carbons (Fsp3) is 0.417. The second kappa shape index (κ2) is 4.79. The number of hydrogen-bond acceptors (Lipinski definition) is 2. The van der Waals surface area contributed by atoms with Crippen molar-refractivity contribution in [3.05, 3.63) is 35.4 Å². The number of carbonyl (C=O) groups is 1. The number of rotatable bonds is 3. The second-order valence-corrected chi connectivity index (χ2v) is 4.24. The Bertz CT molecular complexity index is 416. The number of likely N-dealkylation sites (tertiary alicyclic amines) is 1. The van der Waals surface area contributed by atoms with Gasteiger partial charge in [0.05, 0.1) is 0 Å².